The van der Waals surface area contributed by atoms with Crippen LogP contribution in [0.1, 0.15) is 56.0 Å². The summed E-state index contributed by atoms with van der Waals surface area (Å²) in [6, 6.07) is 26.2. The number of H-pyrrole nitrogens is 2. The summed E-state index contributed by atoms with van der Waals surface area (Å²) in [5, 5.41) is 6.41. The van der Waals surface area contributed by atoms with Gasteiger partial charge in [-0.25, -0.2) is 4.79 Å². The van der Waals surface area contributed by atoms with Crippen LogP contribution in [-0.4, -0.2) is 22.2 Å². The van der Waals surface area contributed by atoms with Crippen LogP contribution < -0.4 is 0 Å². The van der Waals surface area contributed by atoms with Gasteiger partial charge in [0.2, 0.25) is 0 Å². The Hall–Kier alpha value is -4.64. The van der Waals surface area contributed by atoms with E-state index >= 15 is 0 Å². The van der Waals surface area contributed by atoms with Crippen molar-refractivity contribution in [1.29, 1.82) is 0 Å². The number of fused-ring (bicyclic) bond motifs is 6. The Bertz CT molecular complexity index is 1830. The first-order valence-corrected chi connectivity index (χ1v) is 12.9. The standard InChI is InChI=1S/C33H28N2O3/c1-3-22-20(2)32(33(37)38-19-21-11-5-4-6-12-21)35-27(22)17-28-30-25-15-9-7-13-23(25)24-14-8-10-16-26(24)31(30)29(18-36)34-28/h4-16,18,34-35H,3,17,19H2,1-2H3. The van der Waals surface area contributed by atoms with Gasteiger partial charge in [-0.2, -0.15) is 0 Å². The van der Waals surface area contributed by atoms with Crippen molar-refractivity contribution in [3.8, 4) is 0 Å². The van der Waals surface area contributed by atoms with Crippen molar-refractivity contribution in [2.45, 2.75) is 33.3 Å². The molecule has 0 saturated carbocycles. The summed E-state index contributed by atoms with van der Waals surface area (Å²) in [6.45, 7) is 4.27. The Morgan fingerprint density at radius 1 is 0.789 bits per heavy atom. The summed E-state index contributed by atoms with van der Waals surface area (Å²) in [7, 11) is 0. The highest BCUT2D eigenvalue weighted by Gasteiger charge is 2.23. The van der Waals surface area contributed by atoms with Gasteiger partial charge < -0.3 is 14.7 Å². The van der Waals surface area contributed by atoms with E-state index in [-0.39, 0.29) is 12.6 Å². The summed E-state index contributed by atoms with van der Waals surface area (Å²) in [5.74, 6) is -0.367. The lowest BCUT2D eigenvalue weighted by molar-refractivity contribution is 0.0465. The van der Waals surface area contributed by atoms with Crippen molar-refractivity contribution in [3.63, 3.8) is 0 Å². The quantitative estimate of drug-likeness (QED) is 0.136. The molecule has 0 atom stereocenters. The van der Waals surface area contributed by atoms with E-state index in [0.717, 1.165) is 73.1 Å². The Balaban J connectivity index is 1.45. The molecule has 0 bridgehead atoms. The van der Waals surface area contributed by atoms with E-state index in [1.807, 2.05) is 61.5 Å². The maximum Gasteiger partial charge on any atom is 0.355 e. The van der Waals surface area contributed by atoms with Gasteiger partial charge in [0.05, 0.1) is 5.69 Å². The van der Waals surface area contributed by atoms with E-state index < -0.39 is 0 Å². The molecule has 0 aliphatic heterocycles. The number of nitrogens with one attached hydrogen (secondary N) is 2. The minimum atomic E-state index is -0.367. The van der Waals surface area contributed by atoms with Crippen molar-refractivity contribution >= 4 is 44.6 Å². The lowest BCUT2D eigenvalue weighted by atomic mass is 9.93. The highest BCUT2D eigenvalue weighted by atomic mass is 16.5. The first-order valence-electron chi connectivity index (χ1n) is 12.9. The lowest BCUT2D eigenvalue weighted by Gasteiger charge is -2.09. The molecule has 188 valence electrons. The molecule has 0 radical (unpaired) electrons. The molecule has 0 spiro atoms. The predicted octanol–water partition coefficient (Wildman–Crippen LogP) is 7.43. The molecule has 4 aromatic carbocycles. The summed E-state index contributed by atoms with van der Waals surface area (Å²) >= 11 is 0. The Labute approximate surface area is 220 Å². The summed E-state index contributed by atoms with van der Waals surface area (Å²) < 4.78 is 5.63. The lowest BCUT2D eigenvalue weighted by Crippen LogP contribution is -2.07. The van der Waals surface area contributed by atoms with Gasteiger partial charge in [0, 0.05) is 28.6 Å². The number of hydrogen-bond acceptors (Lipinski definition) is 3. The van der Waals surface area contributed by atoms with E-state index in [1.54, 1.807) is 0 Å². The van der Waals surface area contributed by atoms with E-state index in [0.29, 0.717) is 17.8 Å². The molecule has 5 heteroatoms. The molecule has 2 aromatic heterocycles. The Morgan fingerprint density at radius 2 is 1.39 bits per heavy atom. The van der Waals surface area contributed by atoms with Gasteiger partial charge in [0.1, 0.15) is 12.3 Å². The van der Waals surface area contributed by atoms with Crippen molar-refractivity contribution in [3.05, 3.63) is 118 Å². The average molecular weight is 501 g/mol. The third-order valence-corrected chi connectivity index (χ3v) is 7.50. The van der Waals surface area contributed by atoms with Crippen LogP contribution in [0.2, 0.25) is 0 Å². The number of hydrogen-bond donors (Lipinski definition) is 2. The molecular formula is C33H28N2O3. The van der Waals surface area contributed by atoms with Crippen LogP contribution in [-0.2, 0) is 24.2 Å². The highest BCUT2D eigenvalue weighted by Crippen LogP contribution is 2.39. The number of aromatic amines is 2. The van der Waals surface area contributed by atoms with Gasteiger partial charge in [-0.15, -0.1) is 0 Å². The van der Waals surface area contributed by atoms with Crippen molar-refractivity contribution < 1.29 is 14.3 Å². The van der Waals surface area contributed by atoms with Crippen LogP contribution in [0.3, 0.4) is 0 Å². The maximum atomic E-state index is 13.0. The molecular weight excluding hydrogens is 472 g/mol. The van der Waals surface area contributed by atoms with E-state index in [1.165, 1.54) is 0 Å². The number of ether oxygens (including phenoxy) is 1. The van der Waals surface area contributed by atoms with Crippen LogP contribution >= 0.6 is 0 Å². The molecule has 0 fully saturated rings. The van der Waals surface area contributed by atoms with E-state index in [4.69, 9.17) is 4.74 Å². The molecule has 0 aliphatic rings. The summed E-state index contributed by atoms with van der Waals surface area (Å²) in [6.07, 6.45) is 2.20. The van der Waals surface area contributed by atoms with Crippen LogP contribution in [0.5, 0.6) is 0 Å². The molecule has 0 amide bonds. The largest absolute Gasteiger partial charge is 0.456 e. The molecule has 6 rings (SSSR count). The highest BCUT2D eigenvalue weighted by molar-refractivity contribution is 6.28. The summed E-state index contributed by atoms with van der Waals surface area (Å²) in [4.78, 5) is 32.1. The predicted molar refractivity (Wildman–Crippen MR) is 152 cm³/mol. The summed E-state index contributed by atoms with van der Waals surface area (Å²) in [5.41, 5.74) is 5.90. The molecule has 38 heavy (non-hydrogen) atoms. The SMILES string of the molecule is CCc1c(Cc2[nH]c(C=O)c3c4ccccc4c4ccccc4c23)[nH]c(C(=O)OCc2ccccc2)c1C. The average Bonchev–Trinajstić information content (AvgIpc) is 3.49. The van der Waals surface area contributed by atoms with Crippen molar-refractivity contribution in [1.82, 2.24) is 9.97 Å². The number of benzene rings is 4. The van der Waals surface area contributed by atoms with Gasteiger partial charge in [0.25, 0.3) is 0 Å². The maximum absolute atomic E-state index is 13.0. The molecule has 2 N–H and O–H groups in total. The normalized spacial score (nSPS) is 11.4. The van der Waals surface area contributed by atoms with E-state index in [9.17, 15) is 9.59 Å². The Morgan fingerprint density at radius 3 is 2.03 bits per heavy atom. The third kappa shape index (κ3) is 3.88. The van der Waals surface area contributed by atoms with Crippen LogP contribution in [0.15, 0.2) is 78.9 Å². The number of carbonyl (C=O) groups is 2. The number of aldehydes is 1. The fourth-order valence-corrected chi connectivity index (χ4v) is 5.75. The number of rotatable bonds is 7. The van der Waals surface area contributed by atoms with Crippen LogP contribution in [0.4, 0.5) is 0 Å². The second-order valence-corrected chi connectivity index (χ2v) is 9.65. The number of carbonyl (C=O) groups excluding carboxylic acids is 2. The smallest absolute Gasteiger partial charge is 0.355 e. The minimum Gasteiger partial charge on any atom is -0.456 e. The number of aromatic nitrogens is 2. The molecule has 5 nitrogen and oxygen atoms in total. The van der Waals surface area contributed by atoms with Gasteiger partial charge >= 0.3 is 5.97 Å². The van der Waals surface area contributed by atoms with Crippen LogP contribution in [0, 0.1) is 6.92 Å². The second kappa shape index (κ2) is 9.67. The van der Waals surface area contributed by atoms with Crippen molar-refractivity contribution in [2.24, 2.45) is 0 Å². The monoisotopic (exact) mass is 500 g/mol. The zero-order valence-corrected chi connectivity index (χ0v) is 21.4. The minimum absolute atomic E-state index is 0.220. The zero-order valence-electron chi connectivity index (χ0n) is 21.4. The van der Waals surface area contributed by atoms with Crippen molar-refractivity contribution in [2.75, 3.05) is 0 Å². The molecule has 2 heterocycles. The fraction of sp³-hybridized carbons (Fsp3) is 0.152. The zero-order chi connectivity index (χ0) is 26.2. The third-order valence-electron chi connectivity index (χ3n) is 7.50. The fourth-order valence-electron chi connectivity index (χ4n) is 5.75. The van der Waals surface area contributed by atoms with E-state index in [2.05, 4.69) is 41.2 Å². The van der Waals surface area contributed by atoms with Crippen LogP contribution in [0.25, 0.3) is 32.3 Å². The second-order valence-electron chi connectivity index (χ2n) is 9.65. The number of esters is 1. The van der Waals surface area contributed by atoms with Gasteiger partial charge in [0.15, 0.2) is 6.29 Å². The first kappa shape index (κ1) is 23.7. The topological polar surface area (TPSA) is 75.0 Å². The Kier molecular flexibility index (Phi) is 6.04. The van der Waals surface area contributed by atoms with Gasteiger partial charge in [-0.05, 0) is 51.6 Å². The first-order chi connectivity index (χ1) is 18.6. The van der Waals surface area contributed by atoms with Gasteiger partial charge in [-0.3, -0.25) is 4.79 Å². The van der Waals surface area contributed by atoms with Gasteiger partial charge in [-0.1, -0.05) is 85.8 Å². The molecule has 0 unspecified atom stereocenters. The molecule has 0 saturated heterocycles. The molecule has 6 aromatic rings. The molecule has 0 aliphatic carbocycles.